The van der Waals surface area contributed by atoms with Crippen molar-refractivity contribution >= 4 is 23.2 Å². The number of hydrogen-bond donors (Lipinski definition) is 1. The van der Waals surface area contributed by atoms with Gasteiger partial charge in [-0.2, -0.15) is 0 Å². The molecule has 128 valence electrons. The largest absolute Gasteiger partial charge is 0.497 e. The van der Waals surface area contributed by atoms with E-state index in [2.05, 4.69) is 5.32 Å². The molecule has 1 heterocycles. The van der Waals surface area contributed by atoms with Crippen LogP contribution in [0.15, 0.2) is 41.8 Å². The highest BCUT2D eigenvalue weighted by molar-refractivity contribution is 7.10. The minimum Gasteiger partial charge on any atom is -0.497 e. The van der Waals surface area contributed by atoms with Crippen molar-refractivity contribution in [2.24, 2.45) is 0 Å². The number of benzene rings is 1. The van der Waals surface area contributed by atoms with E-state index in [1.54, 1.807) is 19.1 Å². The summed E-state index contributed by atoms with van der Waals surface area (Å²) in [5.41, 5.74) is 0.998. The first-order valence-corrected chi connectivity index (χ1v) is 8.55. The Balaban J connectivity index is 2.01. The van der Waals surface area contributed by atoms with Crippen LogP contribution < -0.4 is 10.1 Å². The zero-order valence-electron chi connectivity index (χ0n) is 14.1. The van der Waals surface area contributed by atoms with Crippen LogP contribution in [-0.4, -0.2) is 30.9 Å². The molecular formula is C18H22N2O3S. The van der Waals surface area contributed by atoms with Crippen molar-refractivity contribution in [2.75, 3.05) is 14.2 Å². The summed E-state index contributed by atoms with van der Waals surface area (Å²) in [6.45, 7) is 1.96. The van der Waals surface area contributed by atoms with E-state index >= 15 is 0 Å². The third-order valence-corrected chi connectivity index (χ3v) is 4.61. The molecule has 0 radical (unpaired) electrons. The third-order valence-electron chi connectivity index (χ3n) is 3.62. The molecule has 0 bridgehead atoms. The summed E-state index contributed by atoms with van der Waals surface area (Å²) >= 11 is 1.53. The van der Waals surface area contributed by atoms with Crippen LogP contribution in [0.25, 0.3) is 0 Å². The average Bonchev–Trinajstić information content (AvgIpc) is 3.08. The van der Waals surface area contributed by atoms with Crippen molar-refractivity contribution < 1.29 is 14.3 Å². The van der Waals surface area contributed by atoms with Gasteiger partial charge in [0.2, 0.25) is 11.8 Å². The monoisotopic (exact) mass is 346 g/mol. The van der Waals surface area contributed by atoms with Crippen LogP contribution in [0.2, 0.25) is 0 Å². The molecular weight excluding hydrogens is 324 g/mol. The Morgan fingerprint density at radius 1 is 1.29 bits per heavy atom. The summed E-state index contributed by atoms with van der Waals surface area (Å²) in [6, 6.07) is 11.2. The summed E-state index contributed by atoms with van der Waals surface area (Å²) in [7, 11) is 3.38. The molecule has 6 heteroatoms. The maximum absolute atomic E-state index is 12.5. The van der Waals surface area contributed by atoms with Crippen molar-refractivity contribution in [3.05, 3.63) is 52.2 Å². The van der Waals surface area contributed by atoms with E-state index in [9.17, 15) is 9.59 Å². The number of nitrogens with one attached hydrogen (secondary N) is 1. The van der Waals surface area contributed by atoms with E-state index in [1.165, 1.54) is 18.3 Å². The number of carbonyl (C=O) groups is 2. The Kier molecular flexibility index (Phi) is 6.37. The molecule has 0 aliphatic carbocycles. The van der Waals surface area contributed by atoms with Gasteiger partial charge < -0.3 is 15.0 Å². The molecule has 2 amide bonds. The Morgan fingerprint density at radius 3 is 2.71 bits per heavy atom. The Labute approximate surface area is 146 Å². The van der Waals surface area contributed by atoms with E-state index in [1.807, 2.05) is 41.8 Å². The Morgan fingerprint density at radius 2 is 2.08 bits per heavy atom. The molecule has 1 N–H and O–H groups in total. The third kappa shape index (κ3) is 5.09. The molecule has 0 unspecified atom stereocenters. The highest BCUT2D eigenvalue weighted by Gasteiger charge is 2.20. The quantitative estimate of drug-likeness (QED) is 0.838. The number of amides is 2. The fourth-order valence-corrected chi connectivity index (χ4v) is 3.20. The first kappa shape index (κ1) is 18.0. The normalized spacial score (nSPS) is 11.6. The van der Waals surface area contributed by atoms with Crippen LogP contribution in [0.1, 0.15) is 29.8 Å². The van der Waals surface area contributed by atoms with Gasteiger partial charge in [0.25, 0.3) is 0 Å². The summed E-state index contributed by atoms with van der Waals surface area (Å²) < 4.78 is 5.20. The van der Waals surface area contributed by atoms with Gasteiger partial charge in [0.1, 0.15) is 5.75 Å². The van der Waals surface area contributed by atoms with Gasteiger partial charge in [0, 0.05) is 25.4 Å². The van der Waals surface area contributed by atoms with Gasteiger partial charge in [-0.25, -0.2) is 0 Å². The van der Waals surface area contributed by atoms with Gasteiger partial charge >= 0.3 is 0 Å². The topological polar surface area (TPSA) is 58.6 Å². The van der Waals surface area contributed by atoms with Gasteiger partial charge in [0.05, 0.1) is 19.6 Å². The lowest BCUT2D eigenvalue weighted by atomic mass is 10.1. The first-order valence-electron chi connectivity index (χ1n) is 7.67. The first-order chi connectivity index (χ1) is 11.5. The standard InChI is InChI=1S/C18H22N2O3S/c1-13(21)19-16(17-8-5-9-24-17)11-18(22)20(2)12-14-6-4-7-15(10-14)23-3/h4-10,16H,11-12H2,1-3H3,(H,19,21)/t16-/m1/s1. The maximum Gasteiger partial charge on any atom is 0.225 e. The van der Waals surface area contributed by atoms with Crippen LogP contribution in [-0.2, 0) is 16.1 Å². The predicted octanol–water partition coefficient (Wildman–Crippen LogP) is 2.98. The molecule has 24 heavy (non-hydrogen) atoms. The van der Waals surface area contributed by atoms with Crippen LogP contribution in [0.5, 0.6) is 5.75 Å². The molecule has 0 aliphatic rings. The number of hydrogen-bond acceptors (Lipinski definition) is 4. The average molecular weight is 346 g/mol. The molecule has 1 atom stereocenters. The molecule has 0 saturated carbocycles. The summed E-state index contributed by atoms with van der Waals surface area (Å²) in [5, 5.41) is 4.79. The molecule has 2 rings (SSSR count). The number of thiophene rings is 1. The molecule has 5 nitrogen and oxygen atoms in total. The minimum absolute atomic E-state index is 0.0232. The van der Waals surface area contributed by atoms with Gasteiger partial charge in [0.15, 0.2) is 0 Å². The number of methoxy groups -OCH3 is 1. The van der Waals surface area contributed by atoms with E-state index in [-0.39, 0.29) is 24.3 Å². The molecule has 1 aromatic heterocycles. The van der Waals surface area contributed by atoms with Crippen molar-refractivity contribution in [3.8, 4) is 5.75 Å². The molecule has 1 aromatic carbocycles. The van der Waals surface area contributed by atoms with Crippen molar-refractivity contribution in [3.63, 3.8) is 0 Å². The zero-order chi connectivity index (χ0) is 17.5. The highest BCUT2D eigenvalue weighted by Crippen LogP contribution is 2.23. The van der Waals surface area contributed by atoms with E-state index < -0.39 is 0 Å². The summed E-state index contributed by atoms with van der Waals surface area (Å²) in [4.78, 5) is 26.6. The highest BCUT2D eigenvalue weighted by atomic mass is 32.1. The van der Waals surface area contributed by atoms with E-state index in [0.717, 1.165) is 16.2 Å². The van der Waals surface area contributed by atoms with E-state index in [4.69, 9.17) is 4.74 Å². The predicted molar refractivity (Wildman–Crippen MR) is 95.0 cm³/mol. The lowest BCUT2D eigenvalue weighted by molar-refractivity contribution is -0.131. The Hall–Kier alpha value is -2.34. The summed E-state index contributed by atoms with van der Waals surface area (Å²) in [5.74, 6) is 0.602. The number of nitrogens with zero attached hydrogens (tertiary/aromatic N) is 1. The van der Waals surface area contributed by atoms with Crippen LogP contribution in [0.3, 0.4) is 0 Å². The molecule has 2 aromatic rings. The lowest BCUT2D eigenvalue weighted by Gasteiger charge is -2.22. The molecule has 0 aliphatic heterocycles. The fourth-order valence-electron chi connectivity index (χ4n) is 2.42. The lowest BCUT2D eigenvalue weighted by Crippen LogP contribution is -2.33. The van der Waals surface area contributed by atoms with Crippen LogP contribution >= 0.6 is 11.3 Å². The SMILES string of the molecule is COc1cccc(CN(C)C(=O)C[C@@H](NC(C)=O)c2cccs2)c1. The number of carbonyl (C=O) groups excluding carboxylic acids is 2. The zero-order valence-corrected chi connectivity index (χ0v) is 14.9. The molecule has 0 spiro atoms. The second-order valence-corrected chi connectivity index (χ2v) is 6.55. The number of rotatable bonds is 7. The van der Waals surface area contributed by atoms with Gasteiger partial charge in [-0.15, -0.1) is 11.3 Å². The second-order valence-electron chi connectivity index (χ2n) is 5.57. The van der Waals surface area contributed by atoms with Gasteiger partial charge in [-0.1, -0.05) is 18.2 Å². The van der Waals surface area contributed by atoms with Crippen molar-refractivity contribution in [1.29, 1.82) is 0 Å². The van der Waals surface area contributed by atoms with Gasteiger partial charge in [-0.3, -0.25) is 9.59 Å². The maximum atomic E-state index is 12.5. The smallest absolute Gasteiger partial charge is 0.225 e. The fraction of sp³-hybridized carbons (Fsp3) is 0.333. The molecule has 0 saturated heterocycles. The van der Waals surface area contributed by atoms with Crippen LogP contribution in [0, 0.1) is 0 Å². The van der Waals surface area contributed by atoms with Crippen molar-refractivity contribution in [2.45, 2.75) is 25.9 Å². The van der Waals surface area contributed by atoms with E-state index in [0.29, 0.717) is 6.54 Å². The van der Waals surface area contributed by atoms with Gasteiger partial charge in [-0.05, 0) is 29.1 Å². The van der Waals surface area contributed by atoms with Crippen LogP contribution in [0.4, 0.5) is 0 Å². The minimum atomic E-state index is -0.289. The Bertz CT molecular complexity index is 685. The number of ether oxygens (including phenoxy) is 1. The second kappa shape index (κ2) is 8.49. The molecule has 0 fully saturated rings. The summed E-state index contributed by atoms with van der Waals surface area (Å²) in [6.07, 6.45) is 0.237. The van der Waals surface area contributed by atoms with Crippen molar-refractivity contribution in [1.82, 2.24) is 10.2 Å².